The fraction of sp³-hybridized carbons (Fsp3) is 0.159. The van der Waals surface area contributed by atoms with Gasteiger partial charge in [-0.15, -0.1) is 5.10 Å². The van der Waals surface area contributed by atoms with Crippen LogP contribution in [-0.4, -0.2) is 36.9 Å². The number of hydrogen-bond acceptors (Lipinski definition) is 7. The molecule has 0 aliphatic carbocycles. The second-order valence-corrected chi connectivity index (χ2v) is 13.5. The van der Waals surface area contributed by atoms with Gasteiger partial charge in [0.25, 0.3) is 5.71 Å². The summed E-state index contributed by atoms with van der Waals surface area (Å²) in [5.41, 5.74) is 8.48. The van der Waals surface area contributed by atoms with E-state index in [-0.39, 0.29) is 0 Å². The van der Waals surface area contributed by atoms with Crippen LogP contribution in [0.5, 0.6) is 0 Å². The van der Waals surface area contributed by atoms with Crippen molar-refractivity contribution < 1.29 is 4.52 Å². The largest absolute Gasteiger partial charge is 0.366 e. The first-order valence-electron chi connectivity index (χ1n) is 17.9. The number of hydrogen-bond donors (Lipinski definition) is 0. The van der Waals surface area contributed by atoms with Crippen molar-refractivity contribution in [1.82, 2.24) is 30.3 Å². The molecular weight excluding hydrogens is 678 g/mol. The van der Waals surface area contributed by atoms with E-state index in [1.54, 1.807) is 0 Å². The van der Waals surface area contributed by atoms with E-state index in [2.05, 4.69) is 142 Å². The molecule has 9 heteroatoms. The van der Waals surface area contributed by atoms with Gasteiger partial charge in [-0.25, -0.2) is 4.68 Å². The molecule has 0 bridgehead atoms. The Morgan fingerprint density at radius 2 is 1.34 bits per heavy atom. The summed E-state index contributed by atoms with van der Waals surface area (Å²) in [4.78, 5) is 6.76. The number of rotatable bonds is 12. The van der Waals surface area contributed by atoms with Crippen LogP contribution >= 0.6 is 11.6 Å². The van der Waals surface area contributed by atoms with Crippen LogP contribution < -0.4 is 4.90 Å². The zero-order valence-electron chi connectivity index (χ0n) is 29.6. The number of aromatic nitrogens is 6. The quantitative estimate of drug-likeness (QED) is 0.0919. The van der Waals surface area contributed by atoms with Gasteiger partial charge in [0.15, 0.2) is 5.82 Å². The zero-order valence-corrected chi connectivity index (χ0v) is 30.4. The van der Waals surface area contributed by atoms with Gasteiger partial charge in [0.05, 0.1) is 16.8 Å². The summed E-state index contributed by atoms with van der Waals surface area (Å²) in [6, 6.07) is 50.4. The number of fused-ring (bicyclic) bond motifs is 1. The Morgan fingerprint density at radius 1 is 0.736 bits per heavy atom. The summed E-state index contributed by atoms with van der Waals surface area (Å²) in [7, 11) is 0. The summed E-state index contributed by atoms with van der Waals surface area (Å²) in [6.45, 7) is 5.55. The summed E-state index contributed by atoms with van der Waals surface area (Å²) in [6.07, 6.45) is 2.03. The summed E-state index contributed by atoms with van der Waals surface area (Å²) in [5.74, 6) is 0.645. The molecule has 5 aromatic carbocycles. The van der Waals surface area contributed by atoms with Gasteiger partial charge in [-0.05, 0) is 69.3 Å². The van der Waals surface area contributed by atoms with Crippen molar-refractivity contribution in [2.45, 2.75) is 38.8 Å². The van der Waals surface area contributed by atoms with Crippen molar-refractivity contribution in [3.05, 3.63) is 179 Å². The molecule has 3 aromatic heterocycles. The molecule has 0 unspecified atom stereocenters. The number of aryl methyl sites for hydroxylation is 1. The van der Waals surface area contributed by atoms with Crippen molar-refractivity contribution in [1.29, 1.82) is 0 Å². The maximum absolute atomic E-state index is 6.56. The Labute approximate surface area is 313 Å². The van der Waals surface area contributed by atoms with E-state index in [4.69, 9.17) is 26.4 Å². The van der Waals surface area contributed by atoms with Gasteiger partial charge in [0, 0.05) is 18.7 Å². The molecule has 0 aliphatic heterocycles. The van der Waals surface area contributed by atoms with Crippen molar-refractivity contribution >= 4 is 28.4 Å². The van der Waals surface area contributed by atoms with Crippen molar-refractivity contribution in [2.75, 3.05) is 11.4 Å². The molecule has 3 heterocycles. The van der Waals surface area contributed by atoms with Gasteiger partial charge in [-0.1, -0.05) is 164 Å². The first kappa shape index (κ1) is 34.0. The van der Waals surface area contributed by atoms with E-state index in [1.807, 2.05) is 41.9 Å². The van der Waals surface area contributed by atoms with Gasteiger partial charge in [0.1, 0.15) is 10.7 Å². The minimum absolute atomic E-state index is 0.364. The second-order valence-electron chi connectivity index (χ2n) is 13.2. The summed E-state index contributed by atoms with van der Waals surface area (Å²) in [5, 5.41) is 19.6. The first-order valence-corrected chi connectivity index (χ1v) is 18.3. The smallest absolute Gasteiger partial charge is 0.261 e. The molecule has 0 amide bonds. The number of nitrogens with zero attached hydrogens (tertiary/aromatic N) is 7. The molecule has 0 N–H and O–H groups in total. The summed E-state index contributed by atoms with van der Waals surface area (Å²) >= 11 is 6.56. The number of pyridine rings is 1. The van der Waals surface area contributed by atoms with Crippen molar-refractivity contribution in [3.63, 3.8) is 0 Å². The normalized spacial score (nSPS) is 11.6. The Morgan fingerprint density at radius 3 is 1.94 bits per heavy atom. The fourth-order valence-corrected chi connectivity index (χ4v) is 7.56. The van der Waals surface area contributed by atoms with Crippen LogP contribution in [0.15, 0.2) is 150 Å². The number of unbranched alkanes of at least 4 members (excludes halogenated alkanes) is 1. The maximum atomic E-state index is 6.56. The monoisotopic (exact) mass is 715 g/mol. The van der Waals surface area contributed by atoms with E-state index < -0.39 is 5.54 Å². The van der Waals surface area contributed by atoms with E-state index in [9.17, 15) is 0 Å². The summed E-state index contributed by atoms with van der Waals surface area (Å²) < 4.78 is 7.57. The third-order valence-corrected chi connectivity index (χ3v) is 10.0. The Bertz CT molecular complexity index is 2350. The molecular formula is C44H38ClN7O. The highest BCUT2D eigenvalue weighted by Gasteiger charge is 2.42. The highest BCUT2D eigenvalue weighted by molar-refractivity contribution is 6.30. The highest BCUT2D eigenvalue weighted by Crippen LogP contribution is 2.44. The molecule has 0 fully saturated rings. The van der Waals surface area contributed by atoms with E-state index in [0.717, 1.165) is 75.1 Å². The topological polar surface area (TPSA) is 85.8 Å². The lowest BCUT2D eigenvalue weighted by molar-refractivity contribution is 0.443. The van der Waals surface area contributed by atoms with Crippen LogP contribution in [0.4, 0.5) is 5.69 Å². The number of anilines is 1. The molecule has 262 valence electrons. The van der Waals surface area contributed by atoms with Gasteiger partial charge < -0.3 is 9.42 Å². The van der Waals surface area contributed by atoms with E-state index in [1.165, 1.54) is 0 Å². The molecule has 8 nitrogen and oxygen atoms in total. The SMILES string of the molecule is CCCCN(Cc1ccc(-c2ccccc2)c(-c2nnnn2C(c2ccccc2)(c2ccccc2)c2ccccc2)c1)c1cc(Cl)nc2onc(C)c12. The second kappa shape index (κ2) is 14.9. The molecule has 8 rings (SSSR count). The molecule has 0 saturated heterocycles. The average molecular weight is 716 g/mol. The van der Waals surface area contributed by atoms with Crippen LogP contribution in [0, 0.1) is 6.92 Å². The average Bonchev–Trinajstić information content (AvgIpc) is 3.85. The Hall–Kier alpha value is -6.12. The Balaban J connectivity index is 1.35. The molecule has 0 spiro atoms. The minimum Gasteiger partial charge on any atom is -0.366 e. The third kappa shape index (κ3) is 6.36. The van der Waals surface area contributed by atoms with Crippen LogP contribution in [-0.2, 0) is 12.1 Å². The lowest BCUT2D eigenvalue weighted by Gasteiger charge is -2.36. The lowest BCUT2D eigenvalue weighted by atomic mass is 9.77. The Kier molecular flexibility index (Phi) is 9.53. The van der Waals surface area contributed by atoms with Crippen molar-refractivity contribution in [3.8, 4) is 22.5 Å². The predicted octanol–water partition coefficient (Wildman–Crippen LogP) is 10.2. The van der Waals surface area contributed by atoms with Crippen LogP contribution in [0.1, 0.15) is 47.7 Å². The molecule has 0 atom stereocenters. The van der Waals surface area contributed by atoms with Gasteiger partial charge in [-0.3, -0.25) is 0 Å². The molecule has 8 aromatic rings. The zero-order chi connectivity index (χ0) is 36.2. The van der Waals surface area contributed by atoms with Gasteiger partial charge in [0.2, 0.25) is 0 Å². The maximum Gasteiger partial charge on any atom is 0.261 e. The highest BCUT2D eigenvalue weighted by atomic mass is 35.5. The van der Waals surface area contributed by atoms with E-state index in [0.29, 0.717) is 23.2 Å². The van der Waals surface area contributed by atoms with Gasteiger partial charge >= 0.3 is 0 Å². The minimum atomic E-state index is -0.898. The molecule has 53 heavy (non-hydrogen) atoms. The van der Waals surface area contributed by atoms with Crippen LogP contribution in [0.25, 0.3) is 33.6 Å². The van der Waals surface area contributed by atoms with Crippen LogP contribution in [0.2, 0.25) is 5.15 Å². The first-order chi connectivity index (χ1) is 26.1. The standard InChI is InChI=1S/C44H38ClN7O/c1-3-4-27-51(39-29-40(45)46-43-41(39)31(2)48-53-43)30-32-25-26-37(33-17-9-5-10-18-33)38(28-32)42-47-49-50-52(42)44(34-19-11-6-12-20-34,35-21-13-7-14-22-35)36-23-15-8-16-24-36/h5-26,28-29H,3-4,27,30H2,1-2H3. The third-order valence-electron chi connectivity index (χ3n) is 9.83. The fourth-order valence-electron chi connectivity index (χ4n) is 7.38. The predicted molar refractivity (Wildman–Crippen MR) is 211 cm³/mol. The molecule has 0 saturated carbocycles. The van der Waals surface area contributed by atoms with Crippen LogP contribution in [0.3, 0.4) is 0 Å². The molecule has 0 aliphatic rings. The number of tetrazole rings is 1. The number of benzene rings is 5. The molecule has 0 radical (unpaired) electrons. The number of halogens is 1. The van der Waals surface area contributed by atoms with E-state index >= 15 is 0 Å². The van der Waals surface area contributed by atoms with Gasteiger partial charge in [-0.2, -0.15) is 4.98 Å². The van der Waals surface area contributed by atoms with Crippen molar-refractivity contribution in [2.24, 2.45) is 0 Å². The lowest BCUT2D eigenvalue weighted by Crippen LogP contribution is -2.39.